The van der Waals surface area contributed by atoms with Gasteiger partial charge >= 0.3 is 6.03 Å². The molecule has 2 amide bonds. The van der Waals surface area contributed by atoms with E-state index in [4.69, 9.17) is 11.7 Å². The Morgan fingerprint density at radius 3 is 2.60 bits per heavy atom. The Morgan fingerprint density at radius 2 is 2.07 bits per heavy atom. The first kappa shape index (κ1) is 12.7. The Hall–Kier alpha value is -0.380. The molecular formula is C8H10BrIN4O. The van der Waals surface area contributed by atoms with Crippen molar-refractivity contribution in [3.05, 3.63) is 26.2 Å². The average Bonchev–Trinajstić information content (AvgIpc) is 2.20. The van der Waals surface area contributed by atoms with Gasteiger partial charge in [-0.1, -0.05) is 6.07 Å². The molecule has 0 unspecified atom stereocenters. The highest BCUT2D eigenvalue weighted by atomic mass is 127. The van der Waals surface area contributed by atoms with Crippen LogP contribution >= 0.6 is 38.5 Å². The van der Waals surface area contributed by atoms with Gasteiger partial charge in [-0.25, -0.2) is 21.5 Å². The van der Waals surface area contributed by atoms with E-state index in [-0.39, 0.29) is 0 Å². The van der Waals surface area contributed by atoms with Crippen LogP contribution in [0.5, 0.6) is 0 Å². The molecule has 7 heteroatoms. The first-order chi connectivity index (χ1) is 6.95. The van der Waals surface area contributed by atoms with E-state index in [9.17, 15) is 4.79 Å². The van der Waals surface area contributed by atoms with Crippen molar-refractivity contribution in [3.63, 3.8) is 0 Å². The van der Waals surface area contributed by atoms with Crippen molar-refractivity contribution in [2.45, 2.75) is 0 Å². The van der Waals surface area contributed by atoms with Gasteiger partial charge in [-0.3, -0.25) is 5.01 Å². The summed E-state index contributed by atoms with van der Waals surface area (Å²) in [6, 6.07) is 4.93. The largest absolute Gasteiger partial charge is 0.352 e. The highest BCUT2D eigenvalue weighted by Gasteiger charge is 2.17. The smallest absolute Gasteiger partial charge is 0.264 e. The van der Waals surface area contributed by atoms with Crippen molar-refractivity contribution < 1.29 is 4.79 Å². The lowest BCUT2D eigenvalue weighted by molar-refractivity contribution is 0.216. The molecule has 0 atom stereocenters. The van der Waals surface area contributed by atoms with Crippen LogP contribution in [0.1, 0.15) is 0 Å². The van der Waals surface area contributed by atoms with E-state index in [1.807, 2.05) is 6.07 Å². The van der Waals surface area contributed by atoms with Crippen molar-refractivity contribution in [2.75, 3.05) is 12.1 Å². The standard InChI is InChI=1S/C8H10BrIN4O/c1-13(11)8(15)14(12)6-4-2-3-5(9)7(6)10/h2-4H,11-12H2,1H3. The van der Waals surface area contributed by atoms with E-state index < -0.39 is 6.03 Å². The van der Waals surface area contributed by atoms with Gasteiger partial charge in [0.1, 0.15) is 0 Å². The maximum absolute atomic E-state index is 11.5. The number of hydrogen-bond acceptors (Lipinski definition) is 3. The van der Waals surface area contributed by atoms with Gasteiger partial charge in [-0.15, -0.1) is 0 Å². The normalized spacial score (nSPS) is 9.93. The molecule has 0 radical (unpaired) electrons. The van der Waals surface area contributed by atoms with Gasteiger partial charge in [0.05, 0.1) is 9.26 Å². The molecule has 1 rings (SSSR count). The fourth-order valence-corrected chi connectivity index (χ4v) is 1.93. The summed E-state index contributed by atoms with van der Waals surface area (Å²) in [5.41, 5.74) is 0.604. The van der Waals surface area contributed by atoms with Crippen molar-refractivity contribution in [1.29, 1.82) is 0 Å². The molecule has 0 heterocycles. The predicted octanol–water partition coefficient (Wildman–Crippen LogP) is 1.66. The highest BCUT2D eigenvalue weighted by Crippen LogP contribution is 2.28. The minimum Gasteiger partial charge on any atom is -0.264 e. The first-order valence-electron chi connectivity index (χ1n) is 3.96. The van der Waals surface area contributed by atoms with Gasteiger partial charge in [0.15, 0.2) is 0 Å². The van der Waals surface area contributed by atoms with Gasteiger partial charge in [-0.05, 0) is 50.7 Å². The molecule has 0 saturated heterocycles. The molecule has 0 spiro atoms. The van der Waals surface area contributed by atoms with E-state index in [2.05, 4.69) is 38.5 Å². The summed E-state index contributed by atoms with van der Waals surface area (Å²) in [5, 5.41) is 1.93. The fourth-order valence-electron chi connectivity index (χ4n) is 0.951. The molecule has 15 heavy (non-hydrogen) atoms. The number of hydrazine groups is 2. The fraction of sp³-hybridized carbons (Fsp3) is 0.125. The zero-order valence-corrected chi connectivity index (χ0v) is 11.7. The molecule has 4 N–H and O–H groups in total. The maximum atomic E-state index is 11.5. The maximum Gasteiger partial charge on any atom is 0.352 e. The summed E-state index contributed by atoms with van der Waals surface area (Å²) in [6.07, 6.45) is 0. The monoisotopic (exact) mass is 384 g/mol. The Kier molecular flexibility index (Phi) is 4.32. The number of hydrogen-bond donors (Lipinski definition) is 2. The number of anilines is 1. The minimum absolute atomic E-state index is 0.481. The van der Waals surface area contributed by atoms with Gasteiger partial charge < -0.3 is 0 Å². The number of carbonyl (C=O) groups is 1. The third kappa shape index (κ3) is 2.80. The first-order valence-corrected chi connectivity index (χ1v) is 5.83. The van der Waals surface area contributed by atoms with E-state index in [1.165, 1.54) is 7.05 Å². The Balaban J connectivity index is 3.06. The number of amides is 2. The summed E-state index contributed by atoms with van der Waals surface area (Å²) in [4.78, 5) is 11.5. The van der Waals surface area contributed by atoms with Crippen molar-refractivity contribution in [1.82, 2.24) is 5.01 Å². The van der Waals surface area contributed by atoms with Crippen LogP contribution in [0.2, 0.25) is 0 Å². The molecule has 5 nitrogen and oxygen atoms in total. The molecule has 0 aliphatic heterocycles. The number of halogens is 2. The number of urea groups is 1. The third-order valence-corrected chi connectivity index (χ3v) is 4.23. The molecule has 1 aromatic rings. The third-order valence-electron chi connectivity index (χ3n) is 1.70. The number of carbonyl (C=O) groups excluding carboxylic acids is 1. The van der Waals surface area contributed by atoms with Crippen molar-refractivity contribution >= 4 is 50.2 Å². The molecule has 82 valence electrons. The van der Waals surface area contributed by atoms with Crippen molar-refractivity contribution in [3.8, 4) is 0 Å². The molecular weight excluding hydrogens is 375 g/mol. The van der Waals surface area contributed by atoms with E-state index >= 15 is 0 Å². The van der Waals surface area contributed by atoms with Crippen LogP contribution < -0.4 is 16.7 Å². The SMILES string of the molecule is CN(N)C(=O)N(N)c1cccc(Br)c1I. The zero-order chi connectivity index (χ0) is 11.6. The Labute approximate surface area is 110 Å². The second-order valence-corrected chi connectivity index (χ2v) is 4.77. The van der Waals surface area contributed by atoms with Crippen LogP contribution in [-0.2, 0) is 0 Å². The summed E-state index contributed by atoms with van der Waals surface area (Å²) in [6.45, 7) is 0. The lowest BCUT2D eigenvalue weighted by atomic mass is 10.3. The van der Waals surface area contributed by atoms with Crippen molar-refractivity contribution in [2.24, 2.45) is 11.7 Å². The highest BCUT2D eigenvalue weighted by molar-refractivity contribution is 14.1. The second kappa shape index (κ2) is 5.10. The van der Waals surface area contributed by atoms with Gasteiger partial charge in [0, 0.05) is 11.5 Å². The summed E-state index contributed by atoms with van der Waals surface area (Å²) >= 11 is 5.45. The van der Waals surface area contributed by atoms with Crippen LogP contribution in [0.4, 0.5) is 10.5 Å². The van der Waals surface area contributed by atoms with E-state index in [0.717, 1.165) is 18.1 Å². The van der Waals surface area contributed by atoms with Gasteiger partial charge in [-0.2, -0.15) is 0 Å². The van der Waals surface area contributed by atoms with E-state index in [1.54, 1.807) is 12.1 Å². The van der Waals surface area contributed by atoms with E-state index in [0.29, 0.717) is 5.69 Å². The van der Waals surface area contributed by atoms with Crippen LogP contribution in [0.25, 0.3) is 0 Å². The molecule has 0 aliphatic rings. The van der Waals surface area contributed by atoms with Crippen LogP contribution in [-0.4, -0.2) is 18.1 Å². The number of benzene rings is 1. The number of rotatable bonds is 1. The number of nitrogens with two attached hydrogens (primary N) is 2. The molecule has 0 aliphatic carbocycles. The Morgan fingerprint density at radius 1 is 1.47 bits per heavy atom. The lowest BCUT2D eigenvalue weighted by Crippen LogP contribution is -2.48. The van der Waals surface area contributed by atoms with Gasteiger partial charge in [0.25, 0.3) is 0 Å². The predicted molar refractivity (Wildman–Crippen MR) is 70.9 cm³/mol. The summed E-state index contributed by atoms with van der Waals surface area (Å²) in [5.74, 6) is 11.0. The Bertz CT molecular complexity index is 385. The van der Waals surface area contributed by atoms with Crippen LogP contribution in [0.15, 0.2) is 22.7 Å². The summed E-state index contributed by atoms with van der Waals surface area (Å²) in [7, 11) is 1.44. The van der Waals surface area contributed by atoms with Crippen LogP contribution in [0.3, 0.4) is 0 Å². The summed E-state index contributed by atoms with van der Waals surface area (Å²) < 4.78 is 1.73. The molecule has 0 saturated carbocycles. The van der Waals surface area contributed by atoms with Gasteiger partial charge in [0.2, 0.25) is 0 Å². The lowest BCUT2D eigenvalue weighted by Gasteiger charge is -2.22. The molecule has 1 aromatic carbocycles. The zero-order valence-electron chi connectivity index (χ0n) is 7.95. The quantitative estimate of drug-likeness (QED) is 0.334. The topological polar surface area (TPSA) is 75.6 Å². The minimum atomic E-state index is -0.481. The number of nitrogens with zero attached hydrogens (tertiary/aromatic N) is 2. The molecule has 0 bridgehead atoms. The molecule has 0 aromatic heterocycles. The average molecular weight is 385 g/mol. The second-order valence-electron chi connectivity index (χ2n) is 2.84. The molecule has 0 fully saturated rings. The van der Waals surface area contributed by atoms with Crippen LogP contribution in [0, 0.1) is 3.57 Å².